The monoisotopic (exact) mass is 283 g/mol. The lowest BCUT2D eigenvalue weighted by atomic mass is 10.0. The van der Waals surface area contributed by atoms with Crippen LogP contribution in [0.1, 0.15) is 15.9 Å². The zero-order valence-corrected chi connectivity index (χ0v) is 9.89. The maximum atomic E-state index is 12.3. The Kier molecular flexibility index (Phi) is 3.60. The molecule has 1 aromatic carbocycles. The minimum absolute atomic E-state index is 0.0881. The van der Waals surface area contributed by atoms with Gasteiger partial charge in [-0.3, -0.25) is 9.78 Å². The Hall–Kier alpha value is -2.57. The molecule has 0 radical (unpaired) electrons. The first-order valence-electron chi connectivity index (χ1n) is 5.41. The number of aromatic hydroxyl groups is 1. The van der Waals surface area contributed by atoms with Crippen molar-refractivity contribution < 1.29 is 27.8 Å². The second-order valence-corrected chi connectivity index (χ2v) is 3.77. The smallest absolute Gasteiger partial charge is 0.504 e. The highest BCUT2D eigenvalue weighted by molar-refractivity contribution is 6.10. The molecule has 0 bridgehead atoms. The Balaban J connectivity index is 2.47. The van der Waals surface area contributed by atoms with Crippen molar-refractivity contribution in [1.82, 2.24) is 4.98 Å². The molecule has 0 aliphatic carbocycles. The number of para-hydroxylation sites is 1. The predicted octanol–water partition coefficient (Wildman–Crippen LogP) is 2.92. The van der Waals surface area contributed by atoms with Gasteiger partial charge in [-0.05, 0) is 24.3 Å². The summed E-state index contributed by atoms with van der Waals surface area (Å²) in [5.41, 5.74) is -0.305. The summed E-state index contributed by atoms with van der Waals surface area (Å²) in [6, 6.07) is 6.26. The third kappa shape index (κ3) is 3.05. The Morgan fingerprint density at radius 3 is 2.55 bits per heavy atom. The van der Waals surface area contributed by atoms with Crippen LogP contribution >= 0.6 is 0 Å². The standard InChI is InChI=1S/C13H8F3NO3/c14-13(15,16)20-12-9(4-1-5-10(12)18)11(19)8-3-2-6-17-7-8/h1-7,18H. The average molecular weight is 283 g/mol. The number of halogens is 3. The molecule has 1 N–H and O–H groups in total. The van der Waals surface area contributed by atoms with Crippen LogP contribution in [0.4, 0.5) is 13.2 Å². The fourth-order valence-electron chi connectivity index (χ4n) is 1.58. The van der Waals surface area contributed by atoms with Crippen molar-refractivity contribution >= 4 is 5.78 Å². The van der Waals surface area contributed by atoms with Gasteiger partial charge in [-0.25, -0.2) is 0 Å². The quantitative estimate of drug-likeness (QED) is 0.880. The molecular weight excluding hydrogens is 275 g/mol. The van der Waals surface area contributed by atoms with Crippen LogP contribution in [-0.2, 0) is 0 Å². The number of ether oxygens (including phenoxy) is 1. The van der Waals surface area contributed by atoms with Crippen LogP contribution < -0.4 is 4.74 Å². The molecule has 0 unspecified atom stereocenters. The molecule has 0 amide bonds. The lowest BCUT2D eigenvalue weighted by Crippen LogP contribution is -2.19. The number of phenols is 1. The maximum Gasteiger partial charge on any atom is 0.573 e. The van der Waals surface area contributed by atoms with E-state index in [0.29, 0.717) is 0 Å². The van der Waals surface area contributed by atoms with Gasteiger partial charge >= 0.3 is 6.36 Å². The van der Waals surface area contributed by atoms with Gasteiger partial charge in [0.15, 0.2) is 17.3 Å². The molecule has 4 nitrogen and oxygen atoms in total. The molecule has 1 aromatic heterocycles. The molecule has 2 rings (SSSR count). The van der Waals surface area contributed by atoms with Crippen LogP contribution in [0, 0.1) is 0 Å². The molecule has 1 heterocycles. The second-order valence-electron chi connectivity index (χ2n) is 3.77. The van der Waals surface area contributed by atoms with Crippen molar-refractivity contribution in [1.29, 1.82) is 0 Å². The summed E-state index contributed by atoms with van der Waals surface area (Å²) in [6.07, 6.45) is -2.38. The molecule has 0 aliphatic heterocycles. The van der Waals surface area contributed by atoms with E-state index in [0.717, 1.165) is 12.1 Å². The fourth-order valence-corrected chi connectivity index (χ4v) is 1.58. The molecule has 0 spiro atoms. The number of ketones is 1. The Bertz CT molecular complexity index is 627. The van der Waals surface area contributed by atoms with E-state index in [2.05, 4.69) is 9.72 Å². The molecule has 7 heteroatoms. The molecule has 0 aliphatic rings. The van der Waals surface area contributed by atoms with Gasteiger partial charge in [0.25, 0.3) is 0 Å². The summed E-state index contributed by atoms with van der Waals surface area (Å²) in [7, 11) is 0. The van der Waals surface area contributed by atoms with Crippen LogP contribution in [0.3, 0.4) is 0 Å². The first-order chi connectivity index (χ1) is 9.38. The van der Waals surface area contributed by atoms with Gasteiger partial charge in [0.05, 0.1) is 5.56 Å². The number of hydrogen-bond donors (Lipinski definition) is 1. The normalized spacial score (nSPS) is 11.2. The highest BCUT2D eigenvalue weighted by Gasteiger charge is 2.34. The van der Waals surface area contributed by atoms with E-state index in [1.54, 1.807) is 0 Å². The van der Waals surface area contributed by atoms with Crippen molar-refractivity contribution in [3.63, 3.8) is 0 Å². The van der Waals surface area contributed by atoms with Crippen molar-refractivity contribution in [3.05, 3.63) is 53.9 Å². The van der Waals surface area contributed by atoms with Gasteiger partial charge in [0.1, 0.15) is 0 Å². The number of carbonyl (C=O) groups is 1. The third-order valence-electron chi connectivity index (χ3n) is 2.38. The number of nitrogens with zero attached hydrogens (tertiary/aromatic N) is 1. The minimum atomic E-state index is -5.01. The molecular formula is C13H8F3NO3. The van der Waals surface area contributed by atoms with Gasteiger partial charge < -0.3 is 9.84 Å². The number of carbonyl (C=O) groups excluding carboxylic acids is 1. The average Bonchev–Trinajstić information content (AvgIpc) is 2.40. The zero-order chi connectivity index (χ0) is 14.8. The first kappa shape index (κ1) is 13.9. The van der Waals surface area contributed by atoms with Crippen LogP contribution in [-0.4, -0.2) is 22.2 Å². The Morgan fingerprint density at radius 1 is 1.20 bits per heavy atom. The van der Waals surface area contributed by atoms with Gasteiger partial charge in [0.2, 0.25) is 0 Å². The second kappa shape index (κ2) is 5.20. The van der Waals surface area contributed by atoms with Gasteiger partial charge in [-0.2, -0.15) is 0 Å². The van der Waals surface area contributed by atoms with E-state index in [1.807, 2.05) is 0 Å². The van der Waals surface area contributed by atoms with Crippen molar-refractivity contribution in [3.8, 4) is 11.5 Å². The maximum absolute atomic E-state index is 12.3. The third-order valence-corrected chi connectivity index (χ3v) is 2.38. The van der Waals surface area contributed by atoms with E-state index in [9.17, 15) is 23.1 Å². The Labute approximate surface area is 111 Å². The lowest BCUT2D eigenvalue weighted by molar-refractivity contribution is -0.275. The fraction of sp³-hybridized carbons (Fsp3) is 0.0769. The molecule has 20 heavy (non-hydrogen) atoms. The molecule has 0 saturated carbocycles. The van der Waals surface area contributed by atoms with E-state index >= 15 is 0 Å². The molecule has 0 atom stereocenters. The first-order valence-corrected chi connectivity index (χ1v) is 5.41. The molecule has 0 fully saturated rings. The van der Waals surface area contributed by atoms with Crippen LogP contribution in [0.5, 0.6) is 11.5 Å². The topological polar surface area (TPSA) is 59.4 Å². The zero-order valence-electron chi connectivity index (χ0n) is 9.89. The number of alkyl halides is 3. The summed E-state index contributed by atoms with van der Waals surface area (Å²) in [6.45, 7) is 0. The number of benzene rings is 1. The number of phenolic OH excluding ortho intramolecular Hbond substituents is 1. The predicted molar refractivity (Wildman–Crippen MR) is 62.5 cm³/mol. The number of rotatable bonds is 3. The molecule has 0 saturated heterocycles. The van der Waals surface area contributed by atoms with Crippen LogP contribution in [0.2, 0.25) is 0 Å². The largest absolute Gasteiger partial charge is 0.573 e. The van der Waals surface area contributed by atoms with Crippen molar-refractivity contribution in [2.24, 2.45) is 0 Å². The number of hydrogen-bond acceptors (Lipinski definition) is 4. The minimum Gasteiger partial charge on any atom is -0.504 e. The SMILES string of the molecule is O=C(c1cccnc1)c1cccc(O)c1OC(F)(F)F. The van der Waals surface area contributed by atoms with Crippen LogP contribution in [0.15, 0.2) is 42.7 Å². The highest BCUT2D eigenvalue weighted by atomic mass is 19.4. The van der Waals surface area contributed by atoms with Crippen molar-refractivity contribution in [2.45, 2.75) is 6.36 Å². The molecule has 2 aromatic rings. The Morgan fingerprint density at radius 2 is 1.95 bits per heavy atom. The van der Waals surface area contributed by atoms with E-state index in [4.69, 9.17) is 0 Å². The summed E-state index contributed by atoms with van der Waals surface area (Å²) >= 11 is 0. The lowest BCUT2D eigenvalue weighted by Gasteiger charge is -2.13. The van der Waals surface area contributed by atoms with Gasteiger partial charge in [-0.15, -0.1) is 13.2 Å². The van der Waals surface area contributed by atoms with Gasteiger partial charge in [0, 0.05) is 18.0 Å². The summed E-state index contributed by atoms with van der Waals surface area (Å²) in [5, 5.41) is 9.46. The molecule has 104 valence electrons. The number of pyridine rings is 1. The van der Waals surface area contributed by atoms with Gasteiger partial charge in [-0.1, -0.05) is 6.07 Å². The summed E-state index contributed by atoms with van der Waals surface area (Å²) in [4.78, 5) is 15.8. The summed E-state index contributed by atoms with van der Waals surface area (Å²) in [5.74, 6) is -2.42. The van der Waals surface area contributed by atoms with E-state index in [-0.39, 0.29) is 5.56 Å². The summed E-state index contributed by atoms with van der Waals surface area (Å²) < 4.78 is 40.6. The van der Waals surface area contributed by atoms with E-state index in [1.165, 1.54) is 30.6 Å². The van der Waals surface area contributed by atoms with Crippen molar-refractivity contribution in [2.75, 3.05) is 0 Å². The highest BCUT2D eigenvalue weighted by Crippen LogP contribution is 2.35. The van der Waals surface area contributed by atoms with E-state index < -0.39 is 29.2 Å². The number of aromatic nitrogens is 1. The van der Waals surface area contributed by atoms with Crippen LogP contribution in [0.25, 0.3) is 0 Å².